The summed E-state index contributed by atoms with van der Waals surface area (Å²) in [6.07, 6.45) is 0.0774. The summed E-state index contributed by atoms with van der Waals surface area (Å²) in [5.41, 5.74) is 1.00. The molecule has 3 rings (SSSR count). The van der Waals surface area contributed by atoms with E-state index in [4.69, 9.17) is 30.5 Å². The smallest absolute Gasteiger partial charge is 0.229 e. The fraction of sp³-hybridized carbons (Fsp3) is 0.333. The fourth-order valence-corrected chi connectivity index (χ4v) is 3.55. The van der Waals surface area contributed by atoms with Crippen molar-refractivity contribution < 1.29 is 28.5 Å². The lowest BCUT2D eigenvalue weighted by atomic mass is 10.1. The highest BCUT2D eigenvalue weighted by Crippen LogP contribution is 2.38. The monoisotopic (exact) mass is 434 g/mol. The number of ether oxygens (including phenoxy) is 4. The summed E-state index contributed by atoms with van der Waals surface area (Å²) in [7, 11) is 6.03. The molecule has 0 unspecified atom stereocenters. The number of hydrogen-bond acceptors (Lipinski definition) is 6. The molecule has 2 aromatic carbocycles. The number of nitrogens with one attached hydrogen (secondary N) is 1. The number of rotatable bonds is 7. The van der Waals surface area contributed by atoms with E-state index in [0.29, 0.717) is 39.4 Å². The molecule has 1 heterocycles. The van der Waals surface area contributed by atoms with Gasteiger partial charge in [-0.2, -0.15) is 0 Å². The Hall–Kier alpha value is -3.13. The van der Waals surface area contributed by atoms with E-state index in [2.05, 4.69) is 5.32 Å². The van der Waals surface area contributed by atoms with Crippen LogP contribution in [-0.2, 0) is 9.59 Å². The van der Waals surface area contributed by atoms with Crippen molar-refractivity contribution in [2.75, 3.05) is 45.2 Å². The summed E-state index contributed by atoms with van der Waals surface area (Å²) >= 11 is 6.11. The van der Waals surface area contributed by atoms with E-state index in [1.807, 2.05) is 0 Å². The maximum Gasteiger partial charge on any atom is 0.229 e. The molecule has 160 valence electrons. The molecule has 1 aliphatic heterocycles. The minimum absolute atomic E-state index is 0.0774. The molecule has 1 atom stereocenters. The van der Waals surface area contributed by atoms with E-state index in [-0.39, 0.29) is 24.8 Å². The maximum absolute atomic E-state index is 12.9. The van der Waals surface area contributed by atoms with Crippen LogP contribution in [0.25, 0.3) is 0 Å². The van der Waals surface area contributed by atoms with E-state index in [0.717, 1.165) is 0 Å². The van der Waals surface area contributed by atoms with Gasteiger partial charge in [-0.15, -0.1) is 0 Å². The van der Waals surface area contributed by atoms with Crippen LogP contribution in [0.2, 0.25) is 5.02 Å². The number of amides is 2. The third kappa shape index (κ3) is 4.23. The van der Waals surface area contributed by atoms with Crippen LogP contribution in [0.1, 0.15) is 6.42 Å². The molecule has 0 saturated carbocycles. The molecule has 1 N–H and O–H groups in total. The van der Waals surface area contributed by atoms with Crippen molar-refractivity contribution in [2.24, 2.45) is 5.92 Å². The number of hydrogen-bond donors (Lipinski definition) is 1. The molecule has 9 heteroatoms. The van der Waals surface area contributed by atoms with Gasteiger partial charge in [0.1, 0.15) is 23.0 Å². The zero-order chi connectivity index (χ0) is 21.8. The SMILES string of the molecule is COc1ccc(N2C[C@@H](C(=O)Nc3cc(OC)c(Cl)cc3OC)CC2=O)c(OC)c1. The van der Waals surface area contributed by atoms with Gasteiger partial charge in [0.25, 0.3) is 0 Å². The lowest BCUT2D eigenvalue weighted by molar-refractivity contribution is -0.122. The Morgan fingerprint density at radius 2 is 1.70 bits per heavy atom. The second-order valence-electron chi connectivity index (χ2n) is 6.62. The fourth-order valence-electron chi connectivity index (χ4n) is 3.32. The van der Waals surface area contributed by atoms with Crippen molar-refractivity contribution in [1.29, 1.82) is 0 Å². The third-order valence-corrected chi connectivity index (χ3v) is 5.20. The van der Waals surface area contributed by atoms with Crippen LogP contribution in [0.3, 0.4) is 0 Å². The number of benzene rings is 2. The normalized spacial score (nSPS) is 15.7. The quantitative estimate of drug-likeness (QED) is 0.719. The average molecular weight is 435 g/mol. The summed E-state index contributed by atoms with van der Waals surface area (Å²) in [6.45, 7) is 0.223. The second kappa shape index (κ2) is 9.13. The molecule has 0 bridgehead atoms. The lowest BCUT2D eigenvalue weighted by Crippen LogP contribution is -2.28. The average Bonchev–Trinajstić information content (AvgIpc) is 3.15. The Labute approximate surface area is 179 Å². The first-order chi connectivity index (χ1) is 14.4. The second-order valence-corrected chi connectivity index (χ2v) is 7.03. The molecule has 0 aromatic heterocycles. The van der Waals surface area contributed by atoms with Crippen LogP contribution in [0.4, 0.5) is 11.4 Å². The van der Waals surface area contributed by atoms with Crippen LogP contribution < -0.4 is 29.2 Å². The Kier molecular flexibility index (Phi) is 6.56. The van der Waals surface area contributed by atoms with Crippen LogP contribution >= 0.6 is 11.6 Å². The number of nitrogens with zero attached hydrogens (tertiary/aromatic N) is 1. The van der Waals surface area contributed by atoms with E-state index in [9.17, 15) is 9.59 Å². The summed E-state index contributed by atoms with van der Waals surface area (Å²) in [5, 5.41) is 3.17. The number of methoxy groups -OCH3 is 4. The zero-order valence-electron chi connectivity index (χ0n) is 17.2. The van der Waals surface area contributed by atoms with Gasteiger partial charge in [0.15, 0.2) is 0 Å². The first-order valence-corrected chi connectivity index (χ1v) is 9.54. The topological polar surface area (TPSA) is 86.3 Å². The van der Waals surface area contributed by atoms with Crippen molar-refractivity contribution >= 4 is 34.8 Å². The first-order valence-electron chi connectivity index (χ1n) is 9.16. The van der Waals surface area contributed by atoms with Gasteiger partial charge in [0.2, 0.25) is 11.8 Å². The summed E-state index contributed by atoms with van der Waals surface area (Å²) in [4.78, 5) is 27.0. The van der Waals surface area contributed by atoms with E-state index in [1.54, 1.807) is 42.3 Å². The predicted molar refractivity (Wildman–Crippen MR) is 113 cm³/mol. The molecular weight excluding hydrogens is 412 g/mol. The van der Waals surface area contributed by atoms with Crippen molar-refractivity contribution in [3.63, 3.8) is 0 Å². The Balaban J connectivity index is 1.79. The molecular formula is C21H23ClN2O6. The summed E-state index contributed by atoms with van der Waals surface area (Å²) in [5.74, 6) is 0.885. The molecule has 1 saturated heterocycles. The summed E-state index contributed by atoms with van der Waals surface area (Å²) in [6, 6.07) is 8.32. The Morgan fingerprint density at radius 1 is 1.00 bits per heavy atom. The molecule has 30 heavy (non-hydrogen) atoms. The van der Waals surface area contributed by atoms with Gasteiger partial charge in [0.05, 0.1) is 50.8 Å². The van der Waals surface area contributed by atoms with Gasteiger partial charge in [-0.1, -0.05) is 11.6 Å². The predicted octanol–water partition coefficient (Wildman–Crippen LogP) is 3.37. The molecule has 0 spiro atoms. The van der Waals surface area contributed by atoms with Crippen molar-refractivity contribution in [3.05, 3.63) is 35.4 Å². The molecule has 0 radical (unpaired) electrons. The van der Waals surface area contributed by atoms with Crippen molar-refractivity contribution in [2.45, 2.75) is 6.42 Å². The highest BCUT2D eigenvalue weighted by molar-refractivity contribution is 6.32. The molecule has 0 aliphatic carbocycles. The first kappa shape index (κ1) is 21.6. The zero-order valence-corrected chi connectivity index (χ0v) is 17.9. The number of carbonyl (C=O) groups excluding carboxylic acids is 2. The van der Waals surface area contributed by atoms with E-state index in [1.165, 1.54) is 21.3 Å². The molecule has 1 fully saturated rings. The van der Waals surface area contributed by atoms with Crippen LogP contribution in [0.5, 0.6) is 23.0 Å². The third-order valence-electron chi connectivity index (χ3n) is 4.91. The van der Waals surface area contributed by atoms with Crippen LogP contribution in [-0.4, -0.2) is 46.8 Å². The number of halogens is 1. The van der Waals surface area contributed by atoms with Crippen molar-refractivity contribution in [1.82, 2.24) is 0 Å². The molecule has 8 nitrogen and oxygen atoms in total. The van der Waals surface area contributed by atoms with Crippen molar-refractivity contribution in [3.8, 4) is 23.0 Å². The van der Waals surface area contributed by atoms with Gasteiger partial charge < -0.3 is 29.2 Å². The highest BCUT2D eigenvalue weighted by atomic mass is 35.5. The minimum Gasteiger partial charge on any atom is -0.497 e. The van der Waals surface area contributed by atoms with E-state index >= 15 is 0 Å². The van der Waals surface area contributed by atoms with Gasteiger partial charge in [-0.25, -0.2) is 0 Å². The molecule has 2 amide bonds. The van der Waals surface area contributed by atoms with Gasteiger partial charge >= 0.3 is 0 Å². The lowest BCUT2D eigenvalue weighted by Gasteiger charge is -2.20. The highest BCUT2D eigenvalue weighted by Gasteiger charge is 2.36. The van der Waals surface area contributed by atoms with Gasteiger partial charge in [-0.05, 0) is 12.1 Å². The maximum atomic E-state index is 12.9. The van der Waals surface area contributed by atoms with Crippen LogP contribution in [0.15, 0.2) is 30.3 Å². The van der Waals surface area contributed by atoms with Crippen LogP contribution in [0, 0.1) is 5.92 Å². The minimum atomic E-state index is -0.546. The van der Waals surface area contributed by atoms with Gasteiger partial charge in [0, 0.05) is 31.2 Å². The van der Waals surface area contributed by atoms with E-state index < -0.39 is 5.92 Å². The van der Waals surface area contributed by atoms with Gasteiger partial charge in [-0.3, -0.25) is 9.59 Å². The number of carbonyl (C=O) groups is 2. The molecule has 2 aromatic rings. The standard InChI is InChI=1S/C21H23ClN2O6/c1-27-13-5-6-16(19(8-13)30-4)24-11-12(7-20(24)25)21(26)23-15-10-17(28-2)14(22)9-18(15)29-3/h5-6,8-10,12H,7,11H2,1-4H3,(H,23,26)/t12-/m0/s1. The number of anilines is 2. The Morgan fingerprint density at radius 3 is 2.33 bits per heavy atom. The largest absolute Gasteiger partial charge is 0.497 e. The Bertz CT molecular complexity index is 965. The summed E-state index contributed by atoms with van der Waals surface area (Å²) < 4.78 is 21.1. The molecule has 1 aliphatic rings.